The summed E-state index contributed by atoms with van der Waals surface area (Å²) in [6.45, 7) is 8.04. The summed E-state index contributed by atoms with van der Waals surface area (Å²) in [5, 5.41) is 0. The molecule has 0 aliphatic heterocycles. The van der Waals surface area contributed by atoms with Gasteiger partial charge in [-0.3, -0.25) is 0 Å². The molecular formula is C16H16. The van der Waals surface area contributed by atoms with Crippen molar-refractivity contribution in [3.63, 3.8) is 0 Å². The highest BCUT2D eigenvalue weighted by atomic mass is 14.1. The van der Waals surface area contributed by atoms with Crippen LogP contribution in [-0.4, -0.2) is 0 Å². The van der Waals surface area contributed by atoms with Crippen LogP contribution in [0.25, 0.3) is 17.2 Å². The van der Waals surface area contributed by atoms with E-state index in [1.807, 2.05) is 6.08 Å². The Morgan fingerprint density at radius 3 is 2.19 bits per heavy atom. The zero-order valence-corrected chi connectivity index (χ0v) is 9.83. The summed E-state index contributed by atoms with van der Waals surface area (Å²) in [5.41, 5.74) is 6.37. The van der Waals surface area contributed by atoms with Crippen LogP contribution in [-0.2, 0) is 0 Å². The summed E-state index contributed by atoms with van der Waals surface area (Å²) >= 11 is 0. The van der Waals surface area contributed by atoms with Gasteiger partial charge >= 0.3 is 0 Å². The molecule has 80 valence electrons. The van der Waals surface area contributed by atoms with Gasteiger partial charge in [0, 0.05) is 0 Å². The van der Waals surface area contributed by atoms with Gasteiger partial charge in [0.05, 0.1) is 0 Å². The second-order valence-corrected chi connectivity index (χ2v) is 4.14. The Hall–Kier alpha value is -1.82. The predicted octanol–water partition coefficient (Wildman–Crippen LogP) is 4.61. The highest BCUT2D eigenvalue weighted by Gasteiger charge is 2.01. The molecule has 0 saturated heterocycles. The molecule has 0 heterocycles. The first-order valence-electron chi connectivity index (χ1n) is 5.51. The van der Waals surface area contributed by atoms with Gasteiger partial charge in [-0.2, -0.15) is 0 Å². The topological polar surface area (TPSA) is 0 Å². The van der Waals surface area contributed by atoms with Gasteiger partial charge in [-0.05, 0) is 36.1 Å². The van der Waals surface area contributed by atoms with Gasteiger partial charge in [0.25, 0.3) is 0 Å². The van der Waals surface area contributed by atoms with Gasteiger partial charge in [0.15, 0.2) is 0 Å². The third-order valence-corrected chi connectivity index (χ3v) is 2.84. The van der Waals surface area contributed by atoms with E-state index in [2.05, 4.69) is 62.9 Å². The molecule has 0 nitrogen and oxygen atoms in total. The third kappa shape index (κ3) is 2.06. The first-order valence-corrected chi connectivity index (χ1v) is 5.51. The van der Waals surface area contributed by atoms with Gasteiger partial charge < -0.3 is 0 Å². The Morgan fingerprint density at radius 1 is 0.938 bits per heavy atom. The smallest absolute Gasteiger partial charge is 0.0155 e. The molecule has 0 unspecified atom stereocenters. The summed E-state index contributed by atoms with van der Waals surface area (Å²) in [6, 6.07) is 15.1. The van der Waals surface area contributed by atoms with Crippen LogP contribution in [0.4, 0.5) is 0 Å². The van der Waals surface area contributed by atoms with Crippen LogP contribution < -0.4 is 0 Å². The normalized spacial score (nSPS) is 10.1. The molecule has 0 heteroatoms. The SMILES string of the molecule is C=Cc1ccc(-c2ccc(C)cc2C)cc1. The number of benzene rings is 2. The van der Waals surface area contributed by atoms with E-state index in [4.69, 9.17) is 0 Å². The third-order valence-electron chi connectivity index (χ3n) is 2.84. The minimum absolute atomic E-state index is 1.16. The summed E-state index contributed by atoms with van der Waals surface area (Å²) in [6.07, 6.45) is 1.87. The van der Waals surface area contributed by atoms with E-state index in [1.165, 1.54) is 22.3 Å². The molecular weight excluding hydrogens is 192 g/mol. The van der Waals surface area contributed by atoms with Crippen molar-refractivity contribution < 1.29 is 0 Å². The van der Waals surface area contributed by atoms with E-state index in [0.717, 1.165) is 5.56 Å². The summed E-state index contributed by atoms with van der Waals surface area (Å²) in [7, 11) is 0. The van der Waals surface area contributed by atoms with Gasteiger partial charge in [-0.25, -0.2) is 0 Å². The Labute approximate surface area is 97.3 Å². The number of aryl methyl sites for hydroxylation is 2. The highest BCUT2D eigenvalue weighted by Crippen LogP contribution is 2.24. The fourth-order valence-electron chi connectivity index (χ4n) is 1.94. The molecule has 2 aromatic rings. The van der Waals surface area contributed by atoms with Gasteiger partial charge in [-0.15, -0.1) is 0 Å². The molecule has 0 saturated carbocycles. The Kier molecular flexibility index (Phi) is 2.91. The van der Waals surface area contributed by atoms with Crippen LogP contribution in [0.5, 0.6) is 0 Å². The largest absolute Gasteiger partial charge is 0.0985 e. The molecule has 2 aromatic carbocycles. The number of rotatable bonds is 2. The van der Waals surface area contributed by atoms with Crippen LogP contribution in [0.2, 0.25) is 0 Å². The van der Waals surface area contributed by atoms with E-state index in [1.54, 1.807) is 0 Å². The summed E-state index contributed by atoms with van der Waals surface area (Å²) in [5.74, 6) is 0. The van der Waals surface area contributed by atoms with Gasteiger partial charge in [0.2, 0.25) is 0 Å². The van der Waals surface area contributed by atoms with Gasteiger partial charge in [-0.1, -0.05) is 60.7 Å². The molecule has 0 amide bonds. The highest BCUT2D eigenvalue weighted by molar-refractivity contribution is 5.68. The van der Waals surface area contributed by atoms with Gasteiger partial charge in [0.1, 0.15) is 0 Å². The minimum atomic E-state index is 1.16. The van der Waals surface area contributed by atoms with Crippen molar-refractivity contribution in [1.29, 1.82) is 0 Å². The molecule has 0 atom stereocenters. The van der Waals surface area contributed by atoms with E-state index >= 15 is 0 Å². The maximum atomic E-state index is 3.76. The Balaban J connectivity index is 2.46. The van der Waals surface area contributed by atoms with E-state index in [9.17, 15) is 0 Å². The molecule has 2 rings (SSSR count). The van der Waals surface area contributed by atoms with Crippen molar-refractivity contribution in [3.8, 4) is 11.1 Å². The van der Waals surface area contributed by atoms with E-state index < -0.39 is 0 Å². The number of hydrogen-bond donors (Lipinski definition) is 0. The van der Waals surface area contributed by atoms with Crippen molar-refractivity contribution >= 4 is 6.08 Å². The van der Waals surface area contributed by atoms with Crippen LogP contribution >= 0.6 is 0 Å². The molecule has 0 aliphatic rings. The Bertz CT molecular complexity index is 504. The van der Waals surface area contributed by atoms with Crippen molar-refractivity contribution in [2.75, 3.05) is 0 Å². The Morgan fingerprint density at radius 2 is 1.62 bits per heavy atom. The minimum Gasteiger partial charge on any atom is -0.0985 e. The average Bonchev–Trinajstić information content (AvgIpc) is 2.29. The lowest BCUT2D eigenvalue weighted by Crippen LogP contribution is -1.84. The van der Waals surface area contributed by atoms with Crippen LogP contribution in [0, 0.1) is 13.8 Å². The molecule has 0 aliphatic carbocycles. The first-order chi connectivity index (χ1) is 7.70. The molecule has 0 radical (unpaired) electrons. The molecule has 16 heavy (non-hydrogen) atoms. The van der Waals surface area contributed by atoms with Crippen molar-refractivity contribution in [3.05, 3.63) is 65.7 Å². The maximum Gasteiger partial charge on any atom is -0.0155 e. The average molecular weight is 208 g/mol. The fraction of sp³-hybridized carbons (Fsp3) is 0.125. The van der Waals surface area contributed by atoms with Crippen LogP contribution in [0.15, 0.2) is 49.0 Å². The zero-order chi connectivity index (χ0) is 11.5. The fourth-order valence-corrected chi connectivity index (χ4v) is 1.94. The van der Waals surface area contributed by atoms with E-state index in [0.29, 0.717) is 0 Å². The molecule has 0 spiro atoms. The monoisotopic (exact) mass is 208 g/mol. The lowest BCUT2D eigenvalue weighted by atomic mass is 9.98. The van der Waals surface area contributed by atoms with Crippen LogP contribution in [0.3, 0.4) is 0 Å². The summed E-state index contributed by atoms with van der Waals surface area (Å²) < 4.78 is 0. The molecule has 0 fully saturated rings. The molecule has 0 aromatic heterocycles. The zero-order valence-electron chi connectivity index (χ0n) is 9.83. The molecule has 0 N–H and O–H groups in total. The van der Waals surface area contributed by atoms with Crippen molar-refractivity contribution in [1.82, 2.24) is 0 Å². The van der Waals surface area contributed by atoms with Crippen molar-refractivity contribution in [2.45, 2.75) is 13.8 Å². The summed E-state index contributed by atoms with van der Waals surface area (Å²) in [4.78, 5) is 0. The second kappa shape index (κ2) is 4.36. The van der Waals surface area contributed by atoms with Crippen LogP contribution in [0.1, 0.15) is 16.7 Å². The van der Waals surface area contributed by atoms with E-state index in [-0.39, 0.29) is 0 Å². The lowest BCUT2D eigenvalue weighted by molar-refractivity contribution is 1.38. The second-order valence-electron chi connectivity index (χ2n) is 4.14. The van der Waals surface area contributed by atoms with Crippen molar-refractivity contribution in [2.24, 2.45) is 0 Å². The lowest BCUT2D eigenvalue weighted by Gasteiger charge is -2.07. The predicted molar refractivity (Wildman–Crippen MR) is 71.4 cm³/mol. The standard InChI is InChI=1S/C16H16/c1-4-14-6-8-15(9-7-14)16-10-5-12(2)11-13(16)3/h4-11H,1H2,2-3H3. The maximum absolute atomic E-state index is 3.76. The quantitative estimate of drug-likeness (QED) is 0.676. The first kappa shape index (κ1) is 10.7. The molecule has 0 bridgehead atoms. The number of hydrogen-bond acceptors (Lipinski definition) is 0.